The number of benzene rings is 1. The van der Waals surface area contributed by atoms with Gasteiger partial charge in [0.2, 0.25) is 0 Å². The molecule has 112 valence electrons. The highest BCUT2D eigenvalue weighted by Crippen LogP contribution is 2.39. The van der Waals surface area contributed by atoms with Crippen molar-refractivity contribution in [3.8, 4) is 0 Å². The summed E-state index contributed by atoms with van der Waals surface area (Å²) in [5.74, 6) is -1.39. The SMILES string of the molecule is CSC1(CNCC(O)c2c(F)cccc2F)CCCC1. The summed E-state index contributed by atoms with van der Waals surface area (Å²) in [6, 6.07) is 3.64. The second-order valence-corrected chi connectivity index (χ2v) is 6.65. The molecule has 2 rings (SSSR count). The van der Waals surface area contributed by atoms with Crippen molar-refractivity contribution in [1.29, 1.82) is 0 Å². The summed E-state index contributed by atoms with van der Waals surface area (Å²) in [7, 11) is 0. The van der Waals surface area contributed by atoms with Crippen LogP contribution in [0, 0.1) is 11.6 Å². The van der Waals surface area contributed by atoms with E-state index in [1.54, 1.807) is 0 Å². The molecule has 2 N–H and O–H groups in total. The number of hydrogen-bond donors (Lipinski definition) is 2. The van der Waals surface area contributed by atoms with Crippen LogP contribution in [0.4, 0.5) is 8.78 Å². The maximum absolute atomic E-state index is 13.5. The summed E-state index contributed by atoms with van der Waals surface area (Å²) in [6.45, 7) is 0.932. The molecule has 5 heteroatoms. The summed E-state index contributed by atoms with van der Waals surface area (Å²) in [5, 5.41) is 13.1. The molecular formula is C15H21F2NOS. The molecule has 1 atom stereocenters. The van der Waals surface area contributed by atoms with Gasteiger partial charge < -0.3 is 10.4 Å². The van der Waals surface area contributed by atoms with Crippen LogP contribution in [0.2, 0.25) is 0 Å². The van der Waals surface area contributed by atoms with Crippen molar-refractivity contribution in [3.05, 3.63) is 35.4 Å². The number of halogens is 2. The van der Waals surface area contributed by atoms with E-state index in [9.17, 15) is 13.9 Å². The minimum Gasteiger partial charge on any atom is -0.387 e. The van der Waals surface area contributed by atoms with E-state index in [0.717, 1.165) is 19.4 Å². The molecule has 0 saturated heterocycles. The Balaban J connectivity index is 1.91. The minimum absolute atomic E-state index is 0.167. The minimum atomic E-state index is -1.16. The Labute approximate surface area is 123 Å². The second kappa shape index (κ2) is 6.87. The van der Waals surface area contributed by atoms with Gasteiger partial charge in [-0.1, -0.05) is 18.9 Å². The number of aliphatic hydroxyl groups is 1. The second-order valence-electron chi connectivity index (χ2n) is 5.38. The summed E-state index contributed by atoms with van der Waals surface area (Å²) in [5.41, 5.74) is -0.246. The van der Waals surface area contributed by atoms with Gasteiger partial charge in [0.05, 0.1) is 11.7 Å². The fraction of sp³-hybridized carbons (Fsp3) is 0.600. The molecule has 0 aromatic heterocycles. The number of rotatable bonds is 6. The van der Waals surface area contributed by atoms with E-state index < -0.39 is 17.7 Å². The van der Waals surface area contributed by atoms with E-state index in [-0.39, 0.29) is 16.9 Å². The molecule has 0 aliphatic heterocycles. The molecule has 1 fully saturated rings. The normalized spacial score (nSPS) is 19.2. The van der Waals surface area contributed by atoms with Crippen molar-refractivity contribution in [3.63, 3.8) is 0 Å². The molecule has 1 aliphatic rings. The topological polar surface area (TPSA) is 32.3 Å². The molecule has 1 aromatic carbocycles. The lowest BCUT2D eigenvalue weighted by Gasteiger charge is -2.27. The van der Waals surface area contributed by atoms with Crippen molar-refractivity contribution in [2.75, 3.05) is 19.3 Å². The molecule has 0 bridgehead atoms. The maximum atomic E-state index is 13.5. The van der Waals surface area contributed by atoms with Gasteiger partial charge in [-0.15, -0.1) is 0 Å². The predicted octanol–water partition coefficient (Wildman–Crippen LogP) is 3.26. The van der Waals surface area contributed by atoms with Crippen LogP contribution in [0.1, 0.15) is 37.4 Å². The Bertz CT molecular complexity index is 429. The van der Waals surface area contributed by atoms with Crippen LogP contribution in [0.25, 0.3) is 0 Å². The van der Waals surface area contributed by atoms with Crippen LogP contribution in [0.15, 0.2) is 18.2 Å². The van der Waals surface area contributed by atoms with Gasteiger partial charge in [-0.2, -0.15) is 11.8 Å². The Morgan fingerprint density at radius 3 is 2.45 bits per heavy atom. The summed E-state index contributed by atoms with van der Waals surface area (Å²) in [6.07, 6.45) is 5.72. The quantitative estimate of drug-likeness (QED) is 0.846. The van der Waals surface area contributed by atoms with Crippen LogP contribution in [-0.2, 0) is 0 Å². The highest BCUT2D eigenvalue weighted by molar-refractivity contribution is 8.00. The Hall–Kier alpha value is -0.650. The third kappa shape index (κ3) is 3.51. The lowest BCUT2D eigenvalue weighted by atomic mass is 10.1. The molecule has 1 aliphatic carbocycles. The Morgan fingerprint density at radius 2 is 1.90 bits per heavy atom. The van der Waals surface area contributed by atoms with Gasteiger partial charge in [-0.25, -0.2) is 8.78 Å². The van der Waals surface area contributed by atoms with Gasteiger partial charge in [0, 0.05) is 17.8 Å². The van der Waals surface area contributed by atoms with E-state index in [0.29, 0.717) is 0 Å². The molecule has 20 heavy (non-hydrogen) atoms. The first-order valence-corrected chi connectivity index (χ1v) is 8.18. The van der Waals surface area contributed by atoms with E-state index in [1.165, 1.54) is 31.0 Å². The first-order valence-electron chi connectivity index (χ1n) is 6.96. The molecule has 1 saturated carbocycles. The third-order valence-corrected chi connectivity index (χ3v) is 5.48. The third-order valence-electron chi connectivity index (χ3n) is 4.07. The number of aliphatic hydroxyl groups excluding tert-OH is 1. The van der Waals surface area contributed by atoms with Crippen LogP contribution >= 0.6 is 11.8 Å². The van der Waals surface area contributed by atoms with Crippen molar-refractivity contribution in [2.24, 2.45) is 0 Å². The van der Waals surface area contributed by atoms with E-state index in [1.807, 2.05) is 11.8 Å². The lowest BCUT2D eigenvalue weighted by molar-refractivity contribution is 0.164. The molecular weight excluding hydrogens is 280 g/mol. The molecule has 0 amide bonds. The summed E-state index contributed by atoms with van der Waals surface area (Å²) >= 11 is 1.84. The van der Waals surface area contributed by atoms with Gasteiger partial charge in [-0.3, -0.25) is 0 Å². The zero-order valence-corrected chi connectivity index (χ0v) is 12.5. The highest BCUT2D eigenvalue weighted by atomic mass is 32.2. The molecule has 1 aromatic rings. The maximum Gasteiger partial charge on any atom is 0.131 e. The lowest BCUT2D eigenvalue weighted by Crippen LogP contribution is -2.37. The van der Waals surface area contributed by atoms with E-state index >= 15 is 0 Å². The van der Waals surface area contributed by atoms with Crippen molar-refractivity contribution in [2.45, 2.75) is 36.5 Å². The van der Waals surface area contributed by atoms with Crippen LogP contribution in [0.3, 0.4) is 0 Å². The van der Waals surface area contributed by atoms with Crippen LogP contribution in [0.5, 0.6) is 0 Å². The van der Waals surface area contributed by atoms with Crippen LogP contribution < -0.4 is 5.32 Å². The van der Waals surface area contributed by atoms with Crippen molar-refractivity contribution < 1.29 is 13.9 Å². The molecule has 0 radical (unpaired) electrons. The summed E-state index contributed by atoms with van der Waals surface area (Å²) < 4.78 is 27.3. The zero-order chi connectivity index (χ0) is 14.6. The summed E-state index contributed by atoms with van der Waals surface area (Å²) in [4.78, 5) is 0. The van der Waals surface area contributed by atoms with Gasteiger partial charge in [0.1, 0.15) is 11.6 Å². The van der Waals surface area contributed by atoms with Gasteiger partial charge in [0.25, 0.3) is 0 Å². The standard InChI is InChI=1S/C15H21F2NOS/c1-20-15(7-2-3-8-15)10-18-9-13(19)14-11(16)5-4-6-12(14)17/h4-6,13,18-19H,2-3,7-10H2,1H3. The molecule has 2 nitrogen and oxygen atoms in total. The number of thioether (sulfide) groups is 1. The Morgan fingerprint density at radius 1 is 1.30 bits per heavy atom. The van der Waals surface area contributed by atoms with Crippen LogP contribution in [-0.4, -0.2) is 29.2 Å². The van der Waals surface area contributed by atoms with E-state index in [2.05, 4.69) is 11.6 Å². The predicted molar refractivity (Wildman–Crippen MR) is 78.9 cm³/mol. The number of hydrogen-bond acceptors (Lipinski definition) is 3. The first-order chi connectivity index (χ1) is 9.58. The zero-order valence-electron chi connectivity index (χ0n) is 11.7. The number of nitrogens with one attached hydrogen (secondary N) is 1. The van der Waals surface area contributed by atoms with Gasteiger partial charge in [-0.05, 0) is 31.2 Å². The fourth-order valence-corrected chi connectivity index (χ4v) is 3.78. The van der Waals surface area contributed by atoms with Gasteiger partial charge in [0.15, 0.2) is 0 Å². The van der Waals surface area contributed by atoms with Crippen molar-refractivity contribution >= 4 is 11.8 Å². The largest absolute Gasteiger partial charge is 0.387 e. The molecule has 0 spiro atoms. The Kier molecular flexibility index (Phi) is 5.41. The average Bonchev–Trinajstić information content (AvgIpc) is 2.88. The van der Waals surface area contributed by atoms with Gasteiger partial charge >= 0.3 is 0 Å². The first kappa shape index (κ1) is 15.7. The van der Waals surface area contributed by atoms with E-state index in [4.69, 9.17) is 0 Å². The molecule has 1 unspecified atom stereocenters. The monoisotopic (exact) mass is 301 g/mol. The van der Waals surface area contributed by atoms with Crippen molar-refractivity contribution in [1.82, 2.24) is 5.32 Å². The average molecular weight is 301 g/mol. The highest BCUT2D eigenvalue weighted by Gasteiger charge is 2.32. The molecule has 0 heterocycles. The smallest absolute Gasteiger partial charge is 0.131 e. The fourth-order valence-electron chi connectivity index (χ4n) is 2.84.